The Kier molecular flexibility index (Phi) is 6.14. The van der Waals surface area contributed by atoms with Gasteiger partial charge in [-0.25, -0.2) is 13.9 Å². The molecule has 2 aliphatic heterocycles. The molecule has 7 nitrogen and oxygen atoms in total. The quantitative estimate of drug-likeness (QED) is 0.685. The number of ether oxygens (including phenoxy) is 2. The summed E-state index contributed by atoms with van der Waals surface area (Å²) in [5.41, 5.74) is 2.74. The highest BCUT2D eigenvalue weighted by Crippen LogP contribution is 2.46. The lowest BCUT2D eigenvalue weighted by Gasteiger charge is -2.52. The number of hydrogen-bond acceptors (Lipinski definition) is 5. The van der Waals surface area contributed by atoms with E-state index in [0.29, 0.717) is 19.0 Å². The number of carbonyl (C=O) groups is 1. The molecule has 0 spiro atoms. The van der Waals surface area contributed by atoms with Gasteiger partial charge in [0, 0.05) is 43.8 Å². The van der Waals surface area contributed by atoms with Gasteiger partial charge in [-0.2, -0.15) is 5.10 Å². The minimum atomic E-state index is -0.513. The Morgan fingerprint density at radius 3 is 2.65 bits per heavy atom. The molecule has 0 N–H and O–H groups in total. The smallest absolute Gasteiger partial charge is 0.410 e. The third-order valence-electron chi connectivity index (χ3n) is 7.42. The molecule has 2 fully saturated rings. The minimum absolute atomic E-state index is 0.0594. The predicted octanol–water partition coefficient (Wildman–Crippen LogP) is 3.69. The average Bonchev–Trinajstić information content (AvgIpc) is 3.19. The van der Waals surface area contributed by atoms with E-state index in [1.165, 1.54) is 23.4 Å². The molecule has 0 saturated carbocycles. The molecule has 1 aliphatic carbocycles. The summed E-state index contributed by atoms with van der Waals surface area (Å²) in [6, 6.07) is 6.52. The van der Waals surface area contributed by atoms with Gasteiger partial charge >= 0.3 is 6.09 Å². The molecule has 0 radical (unpaired) electrons. The standard InChI is InChI=1S/C26H35FN4O3/c1-25(2,3)34-24(32)30-9-8-20-14-23-19(16-28-31(23)22-6-4-21(27)5-7-22)15-26(20,18-30)17-29-10-12-33-13-11-29/h4-7,16,20H,8-15,17-18H2,1-3H3/t20-,26-/m0/s1. The van der Waals surface area contributed by atoms with Crippen LogP contribution in [0.5, 0.6) is 0 Å². The van der Waals surface area contributed by atoms with Gasteiger partial charge < -0.3 is 14.4 Å². The van der Waals surface area contributed by atoms with Crippen molar-refractivity contribution in [1.82, 2.24) is 19.6 Å². The monoisotopic (exact) mass is 470 g/mol. The van der Waals surface area contributed by atoms with E-state index in [2.05, 4.69) is 4.90 Å². The fourth-order valence-corrected chi connectivity index (χ4v) is 5.84. The number of rotatable bonds is 3. The lowest BCUT2D eigenvalue weighted by atomic mass is 9.62. The predicted molar refractivity (Wildman–Crippen MR) is 127 cm³/mol. The van der Waals surface area contributed by atoms with Crippen LogP contribution in [0.1, 0.15) is 38.4 Å². The van der Waals surface area contributed by atoms with Gasteiger partial charge in [0.15, 0.2) is 0 Å². The van der Waals surface area contributed by atoms with Crippen LogP contribution in [-0.4, -0.2) is 77.2 Å². The van der Waals surface area contributed by atoms with Crippen LogP contribution in [0, 0.1) is 17.2 Å². The van der Waals surface area contributed by atoms with E-state index in [1.807, 2.05) is 36.5 Å². The minimum Gasteiger partial charge on any atom is -0.444 e. The van der Waals surface area contributed by atoms with E-state index in [9.17, 15) is 9.18 Å². The van der Waals surface area contributed by atoms with Crippen LogP contribution in [0.3, 0.4) is 0 Å². The summed E-state index contributed by atoms with van der Waals surface area (Å²) >= 11 is 0. The van der Waals surface area contributed by atoms with Gasteiger partial charge in [-0.1, -0.05) is 0 Å². The average molecular weight is 471 g/mol. The lowest BCUT2D eigenvalue weighted by molar-refractivity contribution is -0.0463. The summed E-state index contributed by atoms with van der Waals surface area (Å²) in [4.78, 5) is 17.4. The van der Waals surface area contributed by atoms with E-state index < -0.39 is 5.60 Å². The molecule has 0 bridgehead atoms. The molecule has 3 heterocycles. The molecule has 8 heteroatoms. The van der Waals surface area contributed by atoms with Gasteiger partial charge in [0.2, 0.25) is 0 Å². The number of morpholine rings is 1. The Hall–Kier alpha value is -2.45. The fraction of sp³-hybridized carbons (Fsp3) is 0.615. The number of halogens is 1. The molecule has 1 aromatic heterocycles. The molecule has 3 aliphatic rings. The van der Waals surface area contributed by atoms with Gasteiger partial charge in [-0.3, -0.25) is 4.90 Å². The van der Waals surface area contributed by atoms with Crippen molar-refractivity contribution >= 4 is 6.09 Å². The second-order valence-corrected chi connectivity index (χ2v) is 11.0. The maximum Gasteiger partial charge on any atom is 0.410 e. The summed E-state index contributed by atoms with van der Waals surface area (Å²) in [6.07, 6.45) is 4.43. The highest BCUT2D eigenvalue weighted by atomic mass is 19.1. The van der Waals surface area contributed by atoms with Crippen molar-refractivity contribution in [1.29, 1.82) is 0 Å². The summed E-state index contributed by atoms with van der Waals surface area (Å²) in [7, 11) is 0. The van der Waals surface area contributed by atoms with Crippen LogP contribution < -0.4 is 0 Å². The molecular formula is C26H35FN4O3. The van der Waals surface area contributed by atoms with Crippen LogP contribution >= 0.6 is 0 Å². The van der Waals surface area contributed by atoms with Crippen molar-refractivity contribution in [2.45, 2.75) is 45.6 Å². The van der Waals surface area contributed by atoms with Crippen LogP contribution in [0.4, 0.5) is 9.18 Å². The van der Waals surface area contributed by atoms with E-state index in [0.717, 1.165) is 57.8 Å². The van der Waals surface area contributed by atoms with E-state index >= 15 is 0 Å². The van der Waals surface area contributed by atoms with Gasteiger partial charge in [0.1, 0.15) is 11.4 Å². The number of nitrogens with zero attached hydrogens (tertiary/aromatic N) is 4. The Bertz CT molecular complexity index is 1030. The number of aromatic nitrogens is 2. The molecule has 1 aromatic carbocycles. The summed E-state index contributed by atoms with van der Waals surface area (Å²) in [6.45, 7) is 11.4. The number of benzene rings is 1. The van der Waals surface area contributed by atoms with Crippen molar-refractivity contribution in [3.63, 3.8) is 0 Å². The lowest BCUT2D eigenvalue weighted by Crippen LogP contribution is -2.59. The van der Waals surface area contributed by atoms with Crippen molar-refractivity contribution in [3.05, 3.63) is 47.5 Å². The van der Waals surface area contributed by atoms with Gasteiger partial charge in [0.25, 0.3) is 0 Å². The third kappa shape index (κ3) is 4.70. The summed E-state index contributed by atoms with van der Waals surface area (Å²) < 4.78 is 26.8. The first-order chi connectivity index (χ1) is 16.2. The van der Waals surface area contributed by atoms with E-state index in [1.54, 1.807) is 12.1 Å². The van der Waals surface area contributed by atoms with Gasteiger partial charge in [0.05, 0.1) is 25.1 Å². The second kappa shape index (κ2) is 8.96. The molecule has 1 amide bonds. The number of amides is 1. The fourth-order valence-electron chi connectivity index (χ4n) is 5.84. The number of carbonyl (C=O) groups excluding carboxylic acids is 1. The third-order valence-corrected chi connectivity index (χ3v) is 7.42. The zero-order valence-electron chi connectivity index (χ0n) is 20.4. The number of piperidine rings is 1. The first kappa shape index (κ1) is 23.3. The number of hydrogen-bond donors (Lipinski definition) is 0. The first-order valence-corrected chi connectivity index (χ1v) is 12.3. The van der Waals surface area contributed by atoms with Gasteiger partial charge in [-0.05, 0) is 75.8 Å². The number of likely N-dealkylation sites (tertiary alicyclic amines) is 1. The van der Waals surface area contributed by atoms with Crippen molar-refractivity contribution < 1.29 is 18.7 Å². The van der Waals surface area contributed by atoms with E-state index in [-0.39, 0.29) is 17.3 Å². The maximum atomic E-state index is 13.5. The van der Waals surface area contributed by atoms with Crippen LogP contribution in [0.2, 0.25) is 0 Å². The first-order valence-electron chi connectivity index (χ1n) is 12.3. The van der Waals surface area contributed by atoms with Crippen molar-refractivity contribution in [3.8, 4) is 5.69 Å². The Labute approximate surface area is 200 Å². The molecular weight excluding hydrogens is 435 g/mol. The molecule has 2 atom stereocenters. The highest BCUT2D eigenvalue weighted by molar-refractivity contribution is 5.68. The van der Waals surface area contributed by atoms with Crippen LogP contribution in [0.15, 0.2) is 30.5 Å². The maximum absolute atomic E-state index is 13.5. The SMILES string of the molecule is CC(C)(C)OC(=O)N1CC[C@H]2Cc3c(cnn3-c3ccc(F)cc3)C[C@]2(CN2CCOCC2)C1. The van der Waals surface area contributed by atoms with Crippen LogP contribution in [0.25, 0.3) is 5.69 Å². The Morgan fingerprint density at radius 1 is 1.21 bits per heavy atom. The summed E-state index contributed by atoms with van der Waals surface area (Å²) in [5, 5.41) is 4.69. The number of fused-ring (bicyclic) bond motifs is 2. The molecule has 184 valence electrons. The second-order valence-electron chi connectivity index (χ2n) is 11.0. The molecule has 34 heavy (non-hydrogen) atoms. The topological polar surface area (TPSA) is 59.8 Å². The van der Waals surface area contributed by atoms with Crippen molar-refractivity contribution in [2.24, 2.45) is 11.3 Å². The molecule has 0 unspecified atom stereocenters. The van der Waals surface area contributed by atoms with Crippen LogP contribution in [-0.2, 0) is 22.3 Å². The zero-order chi connectivity index (χ0) is 23.9. The Balaban J connectivity index is 1.45. The zero-order valence-corrected chi connectivity index (χ0v) is 20.4. The molecule has 2 saturated heterocycles. The largest absolute Gasteiger partial charge is 0.444 e. The Morgan fingerprint density at radius 2 is 1.94 bits per heavy atom. The molecule has 2 aromatic rings. The van der Waals surface area contributed by atoms with E-state index in [4.69, 9.17) is 14.6 Å². The normalized spacial score (nSPS) is 25.5. The van der Waals surface area contributed by atoms with Gasteiger partial charge in [-0.15, -0.1) is 0 Å². The highest BCUT2D eigenvalue weighted by Gasteiger charge is 2.49. The molecule has 5 rings (SSSR count). The summed E-state index contributed by atoms with van der Waals surface area (Å²) in [5.74, 6) is 0.182. The van der Waals surface area contributed by atoms with Crippen molar-refractivity contribution in [2.75, 3.05) is 45.9 Å².